The van der Waals surface area contributed by atoms with Crippen molar-refractivity contribution in [2.24, 2.45) is 5.92 Å². The minimum Gasteiger partial charge on any atom is -0.394 e. The van der Waals surface area contributed by atoms with Crippen molar-refractivity contribution in [3.05, 3.63) is 0 Å². The molecule has 3 heteroatoms. The van der Waals surface area contributed by atoms with Crippen LogP contribution in [0.5, 0.6) is 0 Å². The fourth-order valence-corrected chi connectivity index (χ4v) is 3.42. The first-order valence-corrected chi connectivity index (χ1v) is 8.20. The van der Waals surface area contributed by atoms with Gasteiger partial charge in [0.15, 0.2) is 0 Å². The summed E-state index contributed by atoms with van der Waals surface area (Å²) in [6, 6.07) is 0. The van der Waals surface area contributed by atoms with Gasteiger partial charge in [-0.2, -0.15) is 0 Å². The molecule has 1 aliphatic rings. The van der Waals surface area contributed by atoms with Gasteiger partial charge in [-0.3, -0.25) is 0 Å². The third-order valence-corrected chi connectivity index (χ3v) is 4.77. The first kappa shape index (κ1) is 16.9. The van der Waals surface area contributed by atoms with E-state index in [0.29, 0.717) is 0 Å². The molecular formula is C16H34N2O. The van der Waals surface area contributed by atoms with Gasteiger partial charge in [-0.25, -0.2) is 0 Å². The van der Waals surface area contributed by atoms with Crippen molar-refractivity contribution in [3.63, 3.8) is 0 Å². The van der Waals surface area contributed by atoms with Gasteiger partial charge in [0.1, 0.15) is 0 Å². The molecule has 0 aromatic carbocycles. The Kier molecular flexibility index (Phi) is 7.96. The Morgan fingerprint density at radius 2 is 1.95 bits per heavy atom. The van der Waals surface area contributed by atoms with Crippen molar-refractivity contribution in [1.82, 2.24) is 10.2 Å². The second-order valence-corrected chi connectivity index (χ2v) is 6.34. The van der Waals surface area contributed by atoms with E-state index in [0.717, 1.165) is 31.8 Å². The summed E-state index contributed by atoms with van der Waals surface area (Å²) < 4.78 is 0. The van der Waals surface area contributed by atoms with Gasteiger partial charge in [0.2, 0.25) is 0 Å². The third kappa shape index (κ3) is 5.80. The first-order valence-electron chi connectivity index (χ1n) is 8.20. The zero-order valence-corrected chi connectivity index (χ0v) is 13.2. The summed E-state index contributed by atoms with van der Waals surface area (Å²) in [5.74, 6) is 0.938. The van der Waals surface area contributed by atoms with Crippen LogP contribution >= 0.6 is 0 Å². The van der Waals surface area contributed by atoms with E-state index in [4.69, 9.17) is 0 Å². The lowest BCUT2D eigenvalue weighted by molar-refractivity contribution is 0.140. The number of aliphatic hydroxyl groups excluding tert-OH is 1. The molecule has 1 atom stereocenters. The Labute approximate surface area is 119 Å². The van der Waals surface area contributed by atoms with Crippen LogP contribution in [0.2, 0.25) is 0 Å². The molecule has 2 N–H and O–H groups in total. The Balaban J connectivity index is 2.22. The number of nitrogens with zero attached hydrogens (tertiary/aromatic N) is 1. The third-order valence-electron chi connectivity index (χ3n) is 4.77. The number of hydrogen-bond donors (Lipinski definition) is 2. The molecule has 1 fully saturated rings. The average molecular weight is 270 g/mol. The molecule has 0 amide bonds. The van der Waals surface area contributed by atoms with Gasteiger partial charge in [0.25, 0.3) is 0 Å². The molecule has 1 unspecified atom stereocenters. The second kappa shape index (κ2) is 8.93. The lowest BCUT2D eigenvalue weighted by Gasteiger charge is -2.32. The molecule has 0 heterocycles. The topological polar surface area (TPSA) is 35.5 Å². The SMILES string of the molecule is CCNC(CC)(CO)CCCN(C)CC1CCCC1. The second-order valence-electron chi connectivity index (χ2n) is 6.34. The van der Waals surface area contributed by atoms with Crippen LogP contribution in [-0.4, -0.2) is 48.8 Å². The summed E-state index contributed by atoms with van der Waals surface area (Å²) in [6.07, 6.45) is 8.97. The van der Waals surface area contributed by atoms with Crippen molar-refractivity contribution in [1.29, 1.82) is 0 Å². The lowest BCUT2D eigenvalue weighted by Crippen LogP contribution is -2.48. The van der Waals surface area contributed by atoms with E-state index in [1.165, 1.54) is 38.6 Å². The van der Waals surface area contributed by atoms with Gasteiger partial charge in [0, 0.05) is 12.1 Å². The Bertz CT molecular complexity index is 223. The molecule has 19 heavy (non-hydrogen) atoms. The zero-order valence-electron chi connectivity index (χ0n) is 13.2. The zero-order chi connectivity index (χ0) is 14.1. The molecule has 0 bridgehead atoms. The summed E-state index contributed by atoms with van der Waals surface area (Å²) in [4.78, 5) is 2.49. The molecule has 0 aromatic rings. The van der Waals surface area contributed by atoms with Gasteiger partial charge >= 0.3 is 0 Å². The van der Waals surface area contributed by atoms with Crippen LogP contribution in [0.1, 0.15) is 58.8 Å². The molecule has 114 valence electrons. The molecule has 0 aliphatic heterocycles. The van der Waals surface area contributed by atoms with E-state index in [1.807, 2.05) is 0 Å². The predicted octanol–water partition coefficient (Wildman–Crippen LogP) is 2.64. The monoisotopic (exact) mass is 270 g/mol. The fraction of sp³-hybridized carbons (Fsp3) is 1.00. The van der Waals surface area contributed by atoms with Crippen molar-refractivity contribution in [2.45, 2.75) is 64.3 Å². The summed E-state index contributed by atoms with van der Waals surface area (Å²) in [6.45, 7) is 7.90. The summed E-state index contributed by atoms with van der Waals surface area (Å²) in [5.41, 5.74) is -0.0526. The van der Waals surface area contributed by atoms with E-state index >= 15 is 0 Å². The van der Waals surface area contributed by atoms with Crippen molar-refractivity contribution in [2.75, 3.05) is 33.3 Å². The van der Waals surface area contributed by atoms with Crippen molar-refractivity contribution in [3.8, 4) is 0 Å². The highest BCUT2D eigenvalue weighted by molar-refractivity contribution is 4.85. The molecule has 0 saturated heterocycles. The van der Waals surface area contributed by atoms with Crippen LogP contribution in [0.4, 0.5) is 0 Å². The van der Waals surface area contributed by atoms with Crippen LogP contribution in [0.15, 0.2) is 0 Å². The minimum absolute atomic E-state index is 0.0526. The number of aliphatic hydroxyl groups is 1. The Morgan fingerprint density at radius 1 is 1.26 bits per heavy atom. The summed E-state index contributed by atoms with van der Waals surface area (Å²) in [7, 11) is 2.25. The average Bonchev–Trinajstić information content (AvgIpc) is 2.90. The lowest BCUT2D eigenvalue weighted by atomic mass is 9.91. The first-order chi connectivity index (χ1) is 9.15. The van der Waals surface area contributed by atoms with Crippen LogP contribution in [0.25, 0.3) is 0 Å². The van der Waals surface area contributed by atoms with Crippen molar-refractivity contribution >= 4 is 0 Å². The van der Waals surface area contributed by atoms with Gasteiger partial charge in [-0.1, -0.05) is 26.7 Å². The Morgan fingerprint density at radius 3 is 2.47 bits per heavy atom. The molecule has 3 nitrogen and oxygen atoms in total. The van der Waals surface area contributed by atoms with Gasteiger partial charge in [-0.05, 0) is 58.2 Å². The van der Waals surface area contributed by atoms with Gasteiger partial charge < -0.3 is 15.3 Å². The van der Waals surface area contributed by atoms with E-state index in [1.54, 1.807) is 0 Å². The molecule has 0 spiro atoms. The van der Waals surface area contributed by atoms with E-state index in [-0.39, 0.29) is 12.1 Å². The summed E-state index contributed by atoms with van der Waals surface area (Å²) >= 11 is 0. The Hall–Kier alpha value is -0.120. The fourth-order valence-electron chi connectivity index (χ4n) is 3.42. The van der Waals surface area contributed by atoms with Crippen molar-refractivity contribution < 1.29 is 5.11 Å². The van der Waals surface area contributed by atoms with Gasteiger partial charge in [0.05, 0.1) is 6.61 Å². The molecule has 1 rings (SSSR count). The largest absolute Gasteiger partial charge is 0.394 e. The highest BCUT2D eigenvalue weighted by Crippen LogP contribution is 2.25. The highest BCUT2D eigenvalue weighted by Gasteiger charge is 2.25. The highest BCUT2D eigenvalue weighted by atomic mass is 16.3. The van der Waals surface area contributed by atoms with Crippen LogP contribution in [-0.2, 0) is 0 Å². The summed E-state index contributed by atoms with van der Waals surface area (Å²) in [5, 5.41) is 13.1. The molecule has 0 aromatic heterocycles. The van der Waals surface area contributed by atoms with Crippen LogP contribution < -0.4 is 5.32 Å². The number of likely N-dealkylation sites (N-methyl/N-ethyl adjacent to an activating group) is 1. The van der Waals surface area contributed by atoms with Crippen LogP contribution in [0, 0.1) is 5.92 Å². The molecular weight excluding hydrogens is 236 g/mol. The maximum absolute atomic E-state index is 9.63. The molecule has 1 saturated carbocycles. The van der Waals surface area contributed by atoms with Gasteiger partial charge in [-0.15, -0.1) is 0 Å². The maximum atomic E-state index is 9.63. The number of hydrogen-bond acceptors (Lipinski definition) is 3. The maximum Gasteiger partial charge on any atom is 0.0613 e. The minimum atomic E-state index is -0.0526. The molecule has 1 aliphatic carbocycles. The normalized spacial score (nSPS) is 20.1. The molecule has 0 radical (unpaired) electrons. The predicted molar refractivity (Wildman–Crippen MR) is 82.5 cm³/mol. The van der Waals surface area contributed by atoms with Crippen LogP contribution in [0.3, 0.4) is 0 Å². The quantitative estimate of drug-likeness (QED) is 0.640. The van der Waals surface area contributed by atoms with E-state index < -0.39 is 0 Å². The standard InChI is InChI=1S/C16H34N2O/c1-4-16(14-19,17-5-2)11-8-12-18(3)13-15-9-6-7-10-15/h15,17,19H,4-14H2,1-3H3. The number of rotatable bonds is 10. The smallest absolute Gasteiger partial charge is 0.0613 e. The van der Waals surface area contributed by atoms with E-state index in [2.05, 4.69) is 31.1 Å². The number of nitrogens with one attached hydrogen (secondary N) is 1. The van der Waals surface area contributed by atoms with E-state index in [9.17, 15) is 5.11 Å².